The highest BCUT2D eigenvalue weighted by atomic mass is 19.1. The second-order valence-electron chi connectivity index (χ2n) is 12.0. The van der Waals surface area contributed by atoms with Gasteiger partial charge in [0.05, 0.1) is 23.2 Å². The molecule has 4 heterocycles. The molecule has 0 unspecified atom stereocenters. The number of likely N-dealkylation sites (tertiary alicyclic amines) is 1. The van der Waals surface area contributed by atoms with Crippen LogP contribution in [-0.2, 0) is 11.2 Å². The first kappa shape index (κ1) is 38.8. The van der Waals surface area contributed by atoms with Gasteiger partial charge in [0.2, 0.25) is 5.91 Å². The van der Waals surface area contributed by atoms with Gasteiger partial charge in [-0.1, -0.05) is 59.4 Å². The van der Waals surface area contributed by atoms with Crippen molar-refractivity contribution in [3.05, 3.63) is 75.5 Å². The lowest BCUT2D eigenvalue weighted by Gasteiger charge is -2.38. The van der Waals surface area contributed by atoms with Gasteiger partial charge in [-0.3, -0.25) is 19.3 Å². The molecule has 0 saturated carbocycles. The van der Waals surface area contributed by atoms with Crippen LogP contribution in [0, 0.1) is 11.7 Å². The first-order chi connectivity index (χ1) is 22.9. The van der Waals surface area contributed by atoms with Crippen LogP contribution in [0.1, 0.15) is 69.6 Å². The fourth-order valence-corrected chi connectivity index (χ4v) is 6.55. The maximum absolute atomic E-state index is 14.9. The molecule has 3 aliphatic heterocycles. The Morgan fingerprint density at radius 3 is 2.12 bits per heavy atom. The Labute approximate surface area is 285 Å². The Morgan fingerprint density at radius 2 is 1.46 bits per heavy atom. The number of fused-ring (bicyclic) bond motifs is 1. The number of rotatable bonds is 7. The van der Waals surface area contributed by atoms with E-state index < -0.39 is 5.82 Å². The number of benzene rings is 2. The number of piperidine rings is 1. The molecular formula is C37H56FN7O3. The molecule has 48 heavy (non-hydrogen) atoms. The Morgan fingerprint density at radius 1 is 0.833 bits per heavy atom. The van der Waals surface area contributed by atoms with Crippen molar-refractivity contribution in [3.63, 3.8) is 0 Å². The summed E-state index contributed by atoms with van der Waals surface area (Å²) < 4.78 is 14.9. The van der Waals surface area contributed by atoms with E-state index in [1.54, 1.807) is 29.2 Å². The van der Waals surface area contributed by atoms with E-state index >= 15 is 0 Å². The van der Waals surface area contributed by atoms with Crippen LogP contribution >= 0.6 is 0 Å². The Kier molecular flexibility index (Phi) is 15.6. The molecule has 0 spiro atoms. The summed E-state index contributed by atoms with van der Waals surface area (Å²) in [6.07, 6.45) is 2.59. The molecule has 0 atom stereocenters. The first-order valence-electron chi connectivity index (χ1n) is 17.4. The first-order valence-corrected chi connectivity index (χ1v) is 17.4. The number of amides is 2. The van der Waals surface area contributed by atoms with E-state index in [0.29, 0.717) is 56.1 Å². The van der Waals surface area contributed by atoms with Crippen molar-refractivity contribution in [1.82, 2.24) is 35.1 Å². The van der Waals surface area contributed by atoms with Gasteiger partial charge < -0.3 is 20.0 Å². The lowest BCUT2D eigenvalue weighted by molar-refractivity contribution is -0.134. The molecular weight excluding hydrogens is 609 g/mol. The Hall–Kier alpha value is -3.67. The van der Waals surface area contributed by atoms with Crippen molar-refractivity contribution < 1.29 is 14.0 Å². The molecule has 6 rings (SSSR count). The normalized spacial score (nSPS) is 17.4. The number of hydrogen-bond donors (Lipinski definition) is 2. The van der Waals surface area contributed by atoms with Crippen molar-refractivity contribution >= 4 is 22.6 Å². The predicted molar refractivity (Wildman–Crippen MR) is 192 cm³/mol. The molecule has 3 saturated heterocycles. The third kappa shape index (κ3) is 9.93. The maximum Gasteiger partial charge on any atom is 0.272 e. The molecule has 2 amide bonds. The van der Waals surface area contributed by atoms with Crippen LogP contribution in [0.2, 0.25) is 0 Å². The lowest BCUT2D eigenvalue weighted by atomic mass is 9.96. The van der Waals surface area contributed by atoms with Gasteiger partial charge in [0.25, 0.3) is 11.5 Å². The van der Waals surface area contributed by atoms with Crippen LogP contribution in [-0.4, -0.2) is 120 Å². The molecule has 10 nitrogen and oxygen atoms in total. The molecule has 0 radical (unpaired) electrons. The van der Waals surface area contributed by atoms with E-state index in [4.69, 9.17) is 0 Å². The van der Waals surface area contributed by atoms with Crippen molar-refractivity contribution in [2.75, 3.05) is 78.5 Å². The summed E-state index contributed by atoms with van der Waals surface area (Å²) in [4.78, 5) is 46.8. The van der Waals surface area contributed by atoms with E-state index in [2.05, 4.69) is 25.3 Å². The van der Waals surface area contributed by atoms with Gasteiger partial charge in [-0.2, -0.15) is 5.10 Å². The highest BCUT2D eigenvalue weighted by Crippen LogP contribution is 2.21. The number of aromatic amines is 1. The summed E-state index contributed by atoms with van der Waals surface area (Å²) in [7, 11) is 0. The topological polar surface area (TPSA) is 105 Å². The van der Waals surface area contributed by atoms with Crippen LogP contribution in [0.3, 0.4) is 0 Å². The molecule has 0 bridgehead atoms. The summed E-state index contributed by atoms with van der Waals surface area (Å²) in [5.41, 5.74) is 1.11. The quantitative estimate of drug-likeness (QED) is 0.389. The SMILES string of the molecule is C.CC.CC.O=C(CN1CCC(CN2CCNCC2)CC1)N1CCN(C(=O)c2cc(Cc3n[nH]c(=O)c4ccccc34)ccc2F)CC1. The average molecular weight is 666 g/mol. The van der Waals surface area contributed by atoms with E-state index in [0.717, 1.165) is 69.6 Å². The molecule has 3 aromatic rings. The minimum absolute atomic E-state index is 0. The number of piperazine rings is 2. The van der Waals surface area contributed by atoms with Crippen LogP contribution in [0.5, 0.6) is 0 Å². The molecule has 11 heteroatoms. The Bertz CT molecular complexity index is 1510. The van der Waals surface area contributed by atoms with E-state index in [-0.39, 0.29) is 30.4 Å². The van der Waals surface area contributed by atoms with Gasteiger partial charge in [-0.05, 0) is 55.6 Å². The fraction of sp³-hybridized carbons (Fsp3) is 0.568. The summed E-state index contributed by atoms with van der Waals surface area (Å²) in [5.74, 6) is -0.157. The molecule has 3 aliphatic rings. The smallest absolute Gasteiger partial charge is 0.272 e. The Balaban J connectivity index is 0.00000121. The molecule has 3 fully saturated rings. The monoisotopic (exact) mass is 665 g/mol. The molecule has 0 aliphatic carbocycles. The highest BCUT2D eigenvalue weighted by molar-refractivity contribution is 5.95. The van der Waals surface area contributed by atoms with Crippen molar-refractivity contribution in [2.45, 2.75) is 54.4 Å². The van der Waals surface area contributed by atoms with Gasteiger partial charge in [0.15, 0.2) is 0 Å². The number of aromatic nitrogens is 2. The zero-order valence-electron chi connectivity index (χ0n) is 28.6. The second kappa shape index (κ2) is 19.4. The van der Waals surface area contributed by atoms with Crippen LogP contribution in [0.15, 0.2) is 47.3 Å². The molecule has 1 aromatic heterocycles. The number of nitrogens with one attached hydrogen (secondary N) is 2. The summed E-state index contributed by atoms with van der Waals surface area (Å²) in [5, 5.41) is 11.4. The van der Waals surface area contributed by atoms with Crippen molar-refractivity contribution in [1.29, 1.82) is 0 Å². The van der Waals surface area contributed by atoms with E-state index in [1.807, 2.05) is 44.7 Å². The molecule has 264 valence electrons. The average Bonchev–Trinajstić information content (AvgIpc) is 3.13. The van der Waals surface area contributed by atoms with Gasteiger partial charge in [-0.25, -0.2) is 9.49 Å². The van der Waals surface area contributed by atoms with E-state index in [1.165, 1.54) is 6.07 Å². The largest absolute Gasteiger partial charge is 0.338 e. The second-order valence-corrected chi connectivity index (χ2v) is 12.0. The number of carbonyl (C=O) groups is 2. The highest BCUT2D eigenvalue weighted by Gasteiger charge is 2.29. The lowest BCUT2D eigenvalue weighted by Crippen LogP contribution is -2.53. The van der Waals surface area contributed by atoms with Gasteiger partial charge >= 0.3 is 0 Å². The third-order valence-electron chi connectivity index (χ3n) is 9.12. The molecule has 2 N–H and O–H groups in total. The van der Waals surface area contributed by atoms with E-state index in [9.17, 15) is 18.8 Å². The zero-order chi connectivity index (χ0) is 33.8. The van der Waals surface area contributed by atoms with Crippen molar-refractivity contribution in [2.24, 2.45) is 5.92 Å². The van der Waals surface area contributed by atoms with Gasteiger partial charge in [0, 0.05) is 70.7 Å². The molecule has 2 aromatic carbocycles. The number of nitrogens with zero attached hydrogens (tertiary/aromatic N) is 5. The summed E-state index contributed by atoms with van der Waals surface area (Å²) in [6, 6.07) is 11.7. The van der Waals surface area contributed by atoms with Crippen LogP contribution in [0.25, 0.3) is 10.8 Å². The predicted octanol–water partition coefficient (Wildman–Crippen LogP) is 4.24. The fourth-order valence-electron chi connectivity index (χ4n) is 6.55. The third-order valence-corrected chi connectivity index (χ3v) is 9.12. The minimum Gasteiger partial charge on any atom is -0.338 e. The zero-order valence-corrected chi connectivity index (χ0v) is 28.6. The van der Waals surface area contributed by atoms with Crippen molar-refractivity contribution in [3.8, 4) is 0 Å². The maximum atomic E-state index is 14.9. The standard InChI is InChI=1S/C32H40FN7O3.2C2H6.CH4/c33-28-6-5-24(20-29-25-3-1-2-4-26(25)31(42)36-35-29)19-27(28)32(43)40-17-15-39(16-18-40)30(41)22-37-11-7-23(8-12-37)21-38-13-9-34-10-14-38;2*1-2;/h1-6,19,23,34H,7-18,20-22H2,(H,36,42);2*1-2H3;1H4. The van der Waals surface area contributed by atoms with Gasteiger partial charge in [-0.15, -0.1) is 0 Å². The van der Waals surface area contributed by atoms with Crippen LogP contribution < -0.4 is 10.9 Å². The van der Waals surface area contributed by atoms with Crippen LogP contribution in [0.4, 0.5) is 4.39 Å². The summed E-state index contributed by atoms with van der Waals surface area (Å²) >= 11 is 0. The number of halogens is 1. The summed E-state index contributed by atoms with van der Waals surface area (Å²) in [6.45, 7) is 17.5. The number of H-pyrrole nitrogens is 1. The number of carbonyl (C=O) groups excluding carboxylic acids is 2. The minimum atomic E-state index is -0.577. The van der Waals surface area contributed by atoms with Gasteiger partial charge in [0.1, 0.15) is 5.82 Å². The number of hydrogen-bond acceptors (Lipinski definition) is 7.